The number of carbonyl (C=O) groups is 1. The lowest BCUT2D eigenvalue weighted by Gasteiger charge is -2.20. The average molecular weight is 420 g/mol. The maximum Gasteiger partial charge on any atom is 0.262 e. The third kappa shape index (κ3) is 5.78. The predicted molar refractivity (Wildman–Crippen MR) is 119 cm³/mol. The van der Waals surface area contributed by atoms with Crippen molar-refractivity contribution < 1.29 is 13.9 Å². The highest BCUT2D eigenvalue weighted by molar-refractivity contribution is 5.92. The topological polar surface area (TPSA) is 67.3 Å². The maximum absolute atomic E-state index is 12.9. The van der Waals surface area contributed by atoms with Gasteiger partial charge in [0.15, 0.2) is 12.4 Å². The third-order valence-corrected chi connectivity index (χ3v) is 5.23. The number of ether oxygens (including phenoxy) is 1. The number of rotatable bonds is 6. The van der Waals surface area contributed by atoms with Crippen molar-refractivity contribution in [3.05, 3.63) is 66.5 Å². The van der Waals surface area contributed by atoms with Gasteiger partial charge in [0, 0.05) is 24.3 Å². The molecule has 0 bridgehead atoms. The molecule has 0 atom stereocenters. The van der Waals surface area contributed by atoms with E-state index < -0.39 is 0 Å². The van der Waals surface area contributed by atoms with Crippen LogP contribution in [-0.4, -0.2) is 35.8 Å². The summed E-state index contributed by atoms with van der Waals surface area (Å²) in [6.07, 6.45) is 4.96. The monoisotopic (exact) mass is 420 g/mol. The Bertz CT molecular complexity index is 984. The van der Waals surface area contributed by atoms with Crippen LogP contribution >= 0.6 is 0 Å². The summed E-state index contributed by atoms with van der Waals surface area (Å²) in [6.45, 7) is 1.91. The van der Waals surface area contributed by atoms with Crippen molar-refractivity contribution in [2.45, 2.75) is 25.7 Å². The highest BCUT2D eigenvalue weighted by Crippen LogP contribution is 2.22. The molecule has 0 aliphatic carbocycles. The van der Waals surface area contributed by atoms with Gasteiger partial charge in [-0.3, -0.25) is 4.79 Å². The minimum atomic E-state index is -0.349. The summed E-state index contributed by atoms with van der Waals surface area (Å²) >= 11 is 0. The summed E-state index contributed by atoms with van der Waals surface area (Å²) in [5.74, 6) is 0.724. The summed E-state index contributed by atoms with van der Waals surface area (Å²) in [6, 6.07) is 17.0. The van der Waals surface area contributed by atoms with Crippen LogP contribution in [0.3, 0.4) is 0 Å². The number of anilines is 2. The molecule has 2 aromatic carbocycles. The van der Waals surface area contributed by atoms with E-state index in [9.17, 15) is 9.18 Å². The van der Waals surface area contributed by atoms with Crippen molar-refractivity contribution >= 4 is 17.4 Å². The van der Waals surface area contributed by atoms with Gasteiger partial charge in [0.1, 0.15) is 11.6 Å². The fourth-order valence-electron chi connectivity index (χ4n) is 3.55. The number of hydrogen-bond donors (Lipinski definition) is 1. The van der Waals surface area contributed by atoms with Crippen LogP contribution in [0, 0.1) is 5.82 Å². The molecule has 3 aromatic rings. The first-order chi connectivity index (χ1) is 15.2. The molecule has 0 saturated carbocycles. The van der Waals surface area contributed by atoms with Gasteiger partial charge in [0.05, 0.1) is 5.69 Å². The van der Waals surface area contributed by atoms with Gasteiger partial charge in [-0.05, 0) is 61.4 Å². The number of hydrogen-bond acceptors (Lipinski definition) is 5. The Morgan fingerprint density at radius 1 is 0.903 bits per heavy atom. The van der Waals surface area contributed by atoms with Crippen LogP contribution in [0.15, 0.2) is 60.7 Å². The summed E-state index contributed by atoms with van der Waals surface area (Å²) in [7, 11) is 0. The van der Waals surface area contributed by atoms with Crippen LogP contribution < -0.4 is 15.0 Å². The van der Waals surface area contributed by atoms with Crippen molar-refractivity contribution in [3.63, 3.8) is 0 Å². The van der Waals surface area contributed by atoms with E-state index in [0.29, 0.717) is 11.4 Å². The number of halogens is 1. The number of nitrogens with one attached hydrogen (secondary N) is 1. The van der Waals surface area contributed by atoms with Crippen molar-refractivity contribution in [1.29, 1.82) is 0 Å². The van der Waals surface area contributed by atoms with Crippen LogP contribution in [-0.2, 0) is 4.79 Å². The summed E-state index contributed by atoms with van der Waals surface area (Å²) in [5.41, 5.74) is 2.37. The van der Waals surface area contributed by atoms with E-state index in [1.54, 1.807) is 0 Å². The summed E-state index contributed by atoms with van der Waals surface area (Å²) in [4.78, 5) is 14.4. The Balaban J connectivity index is 1.32. The normalized spacial score (nSPS) is 14.0. The number of aromatic nitrogens is 2. The van der Waals surface area contributed by atoms with E-state index in [0.717, 1.165) is 30.2 Å². The molecule has 1 fully saturated rings. The minimum Gasteiger partial charge on any atom is -0.484 e. The summed E-state index contributed by atoms with van der Waals surface area (Å²) < 4.78 is 18.3. The van der Waals surface area contributed by atoms with Gasteiger partial charge in [0.2, 0.25) is 0 Å². The highest BCUT2D eigenvalue weighted by atomic mass is 19.1. The second-order valence-corrected chi connectivity index (χ2v) is 7.55. The van der Waals surface area contributed by atoms with Crippen molar-refractivity contribution in [3.8, 4) is 17.0 Å². The Labute approximate surface area is 181 Å². The molecule has 0 spiro atoms. The van der Waals surface area contributed by atoms with Crippen LogP contribution in [0.1, 0.15) is 25.7 Å². The maximum atomic E-state index is 12.9. The van der Waals surface area contributed by atoms with Gasteiger partial charge in [-0.1, -0.05) is 25.0 Å². The number of benzene rings is 2. The standard InChI is InChI=1S/C24H25FN4O2/c25-19-7-11-21(12-8-19)31-17-24(30)26-20-9-5-18(6-10-20)22-13-14-23(28-27-22)29-15-3-1-2-4-16-29/h5-14H,1-4,15-17H2,(H,26,30). The van der Waals surface area contributed by atoms with Gasteiger partial charge in [-0.2, -0.15) is 0 Å². The zero-order chi connectivity index (χ0) is 21.5. The average Bonchev–Trinajstić information content (AvgIpc) is 3.09. The largest absolute Gasteiger partial charge is 0.484 e. The Morgan fingerprint density at radius 3 is 2.26 bits per heavy atom. The minimum absolute atomic E-state index is 0.156. The highest BCUT2D eigenvalue weighted by Gasteiger charge is 2.12. The van der Waals surface area contributed by atoms with Crippen LogP contribution in [0.5, 0.6) is 5.75 Å². The molecule has 1 saturated heterocycles. The lowest BCUT2D eigenvalue weighted by Crippen LogP contribution is -2.25. The second kappa shape index (κ2) is 10.0. The van der Waals surface area contributed by atoms with Crippen molar-refractivity contribution in [1.82, 2.24) is 10.2 Å². The van der Waals surface area contributed by atoms with E-state index in [1.165, 1.54) is 49.9 Å². The molecule has 1 aromatic heterocycles. The third-order valence-electron chi connectivity index (χ3n) is 5.23. The molecule has 0 unspecified atom stereocenters. The van der Waals surface area contributed by atoms with Crippen molar-refractivity contribution in [2.75, 3.05) is 29.9 Å². The van der Waals surface area contributed by atoms with Gasteiger partial charge >= 0.3 is 0 Å². The molecule has 1 aliphatic rings. The molecule has 7 heteroatoms. The lowest BCUT2D eigenvalue weighted by molar-refractivity contribution is -0.118. The molecule has 6 nitrogen and oxygen atoms in total. The molecule has 2 heterocycles. The fourth-order valence-corrected chi connectivity index (χ4v) is 3.55. The van der Waals surface area contributed by atoms with Gasteiger partial charge in [-0.25, -0.2) is 4.39 Å². The SMILES string of the molecule is O=C(COc1ccc(F)cc1)Nc1ccc(-c2ccc(N3CCCCCC3)nn2)cc1. The van der Waals surface area contributed by atoms with Crippen LogP contribution in [0.4, 0.5) is 15.9 Å². The molecule has 1 N–H and O–H groups in total. The quantitative estimate of drug-likeness (QED) is 0.627. The first-order valence-corrected chi connectivity index (χ1v) is 10.5. The van der Waals surface area contributed by atoms with Gasteiger partial charge < -0.3 is 15.0 Å². The van der Waals surface area contributed by atoms with Gasteiger partial charge in [0.25, 0.3) is 5.91 Å². The zero-order valence-corrected chi connectivity index (χ0v) is 17.3. The first-order valence-electron chi connectivity index (χ1n) is 10.5. The predicted octanol–water partition coefficient (Wildman–Crippen LogP) is 4.68. The number of amides is 1. The molecular weight excluding hydrogens is 395 g/mol. The smallest absolute Gasteiger partial charge is 0.262 e. The lowest BCUT2D eigenvalue weighted by atomic mass is 10.1. The van der Waals surface area contributed by atoms with E-state index in [1.807, 2.05) is 36.4 Å². The molecule has 31 heavy (non-hydrogen) atoms. The van der Waals surface area contributed by atoms with Crippen LogP contribution in [0.2, 0.25) is 0 Å². The van der Waals surface area contributed by atoms with Crippen LogP contribution in [0.25, 0.3) is 11.3 Å². The zero-order valence-electron chi connectivity index (χ0n) is 17.3. The Hall–Kier alpha value is -3.48. The first kappa shape index (κ1) is 20.8. The van der Waals surface area contributed by atoms with E-state index >= 15 is 0 Å². The molecule has 1 aliphatic heterocycles. The van der Waals surface area contributed by atoms with E-state index in [4.69, 9.17) is 4.74 Å². The molecule has 0 radical (unpaired) electrons. The molecule has 160 valence electrons. The van der Waals surface area contributed by atoms with E-state index in [-0.39, 0.29) is 18.3 Å². The second-order valence-electron chi connectivity index (χ2n) is 7.55. The summed E-state index contributed by atoms with van der Waals surface area (Å²) in [5, 5.41) is 11.6. The Kier molecular flexibility index (Phi) is 6.72. The fraction of sp³-hybridized carbons (Fsp3) is 0.292. The van der Waals surface area contributed by atoms with Gasteiger partial charge in [-0.15, -0.1) is 10.2 Å². The molecule has 1 amide bonds. The number of nitrogens with zero attached hydrogens (tertiary/aromatic N) is 3. The molecule has 4 rings (SSSR count). The Morgan fingerprint density at radius 2 is 1.61 bits per heavy atom. The van der Waals surface area contributed by atoms with E-state index in [2.05, 4.69) is 20.4 Å². The van der Waals surface area contributed by atoms with Crippen molar-refractivity contribution in [2.24, 2.45) is 0 Å². The molecular formula is C24H25FN4O2. The number of carbonyl (C=O) groups excluding carboxylic acids is 1.